The largest absolute Gasteiger partial charge is 0.493 e. The molecule has 1 atom stereocenters. The van der Waals surface area contributed by atoms with E-state index in [0.717, 1.165) is 31.6 Å². The number of nitrogens with two attached hydrogens (primary N) is 1. The topological polar surface area (TPSA) is 47.3 Å². The monoisotopic (exact) mass is 282 g/mol. The number of fused-ring (bicyclic) bond motifs is 1. The van der Waals surface area contributed by atoms with Gasteiger partial charge in [-0.3, -0.25) is 11.3 Å². The van der Waals surface area contributed by atoms with E-state index in [-0.39, 0.29) is 6.04 Å². The SMILES string of the molecule is Cc1ccccc1CCC(NN)c1cccc2c1OCC2. The average molecular weight is 282 g/mol. The maximum atomic E-state index is 5.80. The van der Waals surface area contributed by atoms with E-state index >= 15 is 0 Å². The van der Waals surface area contributed by atoms with Crippen LogP contribution in [0.15, 0.2) is 42.5 Å². The zero-order valence-corrected chi connectivity index (χ0v) is 12.4. The molecule has 0 saturated heterocycles. The summed E-state index contributed by atoms with van der Waals surface area (Å²) in [5.41, 5.74) is 8.15. The van der Waals surface area contributed by atoms with Crippen molar-refractivity contribution in [1.29, 1.82) is 0 Å². The number of hydrogen-bond donors (Lipinski definition) is 2. The third-order valence-electron chi connectivity index (χ3n) is 4.29. The molecular weight excluding hydrogens is 260 g/mol. The van der Waals surface area contributed by atoms with E-state index in [0.29, 0.717) is 0 Å². The zero-order chi connectivity index (χ0) is 14.7. The predicted octanol–water partition coefficient (Wildman–Crippen LogP) is 3.07. The molecule has 0 aliphatic carbocycles. The van der Waals surface area contributed by atoms with Crippen LogP contribution in [0, 0.1) is 6.92 Å². The summed E-state index contributed by atoms with van der Waals surface area (Å²) in [4.78, 5) is 0. The molecule has 2 aromatic rings. The van der Waals surface area contributed by atoms with Crippen molar-refractivity contribution in [3.63, 3.8) is 0 Å². The number of hydrazine groups is 1. The van der Waals surface area contributed by atoms with E-state index in [1.54, 1.807) is 0 Å². The number of nitrogens with one attached hydrogen (secondary N) is 1. The Morgan fingerprint density at radius 2 is 2.05 bits per heavy atom. The number of benzene rings is 2. The van der Waals surface area contributed by atoms with Gasteiger partial charge in [-0.25, -0.2) is 0 Å². The highest BCUT2D eigenvalue weighted by atomic mass is 16.5. The first-order valence-corrected chi connectivity index (χ1v) is 7.55. The molecule has 0 aromatic heterocycles. The van der Waals surface area contributed by atoms with Crippen molar-refractivity contribution in [2.24, 2.45) is 5.84 Å². The van der Waals surface area contributed by atoms with Gasteiger partial charge in [0.2, 0.25) is 0 Å². The Morgan fingerprint density at radius 3 is 2.86 bits per heavy atom. The molecule has 3 N–H and O–H groups in total. The van der Waals surface area contributed by atoms with Gasteiger partial charge in [0, 0.05) is 18.0 Å². The van der Waals surface area contributed by atoms with E-state index in [4.69, 9.17) is 10.6 Å². The molecule has 0 bridgehead atoms. The van der Waals surface area contributed by atoms with Crippen LogP contribution in [-0.4, -0.2) is 6.61 Å². The average Bonchev–Trinajstić information content (AvgIpc) is 2.98. The smallest absolute Gasteiger partial charge is 0.127 e. The summed E-state index contributed by atoms with van der Waals surface area (Å²) < 4.78 is 5.79. The number of para-hydroxylation sites is 1. The van der Waals surface area contributed by atoms with Crippen molar-refractivity contribution in [2.45, 2.75) is 32.2 Å². The Hall–Kier alpha value is -1.84. The van der Waals surface area contributed by atoms with Crippen LogP contribution in [0.5, 0.6) is 5.75 Å². The Morgan fingerprint density at radius 1 is 1.19 bits per heavy atom. The molecule has 110 valence electrons. The number of rotatable bonds is 5. The third kappa shape index (κ3) is 2.94. The van der Waals surface area contributed by atoms with E-state index in [1.165, 1.54) is 22.3 Å². The van der Waals surface area contributed by atoms with Gasteiger partial charge < -0.3 is 4.74 Å². The van der Waals surface area contributed by atoms with Crippen LogP contribution < -0.4 is 16.0 Å². The lowest BCUT2D eigenvalue weighted by atomic mass is 9.95. The first-order chi connectivity index (χ1) is 10.3. The molecule has 2 aromatic carbocycles. The van der Waals surface area contributed by atoms with Crippen molar-refractivity contribution in [1.82, 2.24) is 5.43 Å². The molecule has 3 rings (SSSR count). The number of hydrogen-bond acceptors (Lipinski definition) is 3. The Balaban J connectivity index is 1.77. The fraction of sp³-hybridized carbons (Fsp3) is 0.333. The molecule has 0 radical (unpaired) electrons. The molecule has 3 heteroatoms. The van der Waals surface area contributed by atoms with Gasteiger partial charge in [-0.1, -0.05) is 42.5 Å². The van der Waals surface area contributed by atoms with Crippen molar-refractivity contribution >= 4 is 0 Å². The third-order valence-corrected chi connectivity index (χ3v) is 4.29. The van der Waals surface area contributed by atoms with Gasteiger partial charge >= 0.3 is 0 Å². The summed E-state index contributed by atoms with van der Waals surface area (Å²) in [7, 11) is 0. The number of aryl methyl sites for hydroxylation is 2. The van der Waals surface area contributed by atoms with Gasteiger partial charge in [-0.05, 0) is 36.5 Å². The molecule has 1 aliphatic rings. The molecule has 0 spiro atoms. The van der Waals surface area contributed by atoms with Crippen LogP contribution in [0.1, 0.15) is 34.7 Å². The Kier molecular flexibility index (Phi) is 4.23. The fourth-order valence-electron chi connectivity index (χ4n) is 3.03. The van der Waals surface area contributed by atoms with Crippen LogP contribution in [0.4, 0.5) is 0 Å². The van der Waals surface area contributed by atoms with Gasteiger partial charge in [-0.15, -0.1) is 0 Å². The molecule has 1 heterocycles. The minimum absolute atomic E-state index is 0.123. The highest BCUT2D eigenvalue weighted by Gasteiger charge is 2.21. The second kappa shape index (κ2) is 6.29. The number of ether oxygens (including phenoxy) is 1. The van der Waals surface area contributed by atoms with Crippen molar-refractivity contribution in [2.75, 3.05) is 6.61 Å². The minimum atomic E-state index is 0.123. The van der Waals surface area contributed by atoms with Crippen molar-refractivity contribution < 1.29 is 4.74 Å². The summed E-state index contributed by atoms with van der Waals surface area (Å²) in [6.07, 6.45) is 2.96. The van der Waals surface area contributed by atoms with Crippen LogP contribution in [-0.2, 0) is 12.8 Å². The predicted molar refractivity (Wildman–Crippen MR) is 85.2 cm³/mol. The van der Waals surface area contributed by atoms with Gasteiger partial charge in [0.1, 0.15) is 5.75 Å². The van der Waals surface area contributed by atoms with E-state index in [2.05, 4.69) is 54.8 Å². The summed E-state index contributed by atoms with van der Waals surface area (Å²) in [6, 6.07) is 15.0. The van der Waals surface area contributed by atoms with Crippen LogP contribution in [0.2, 0.25) is 0 Å². The molecular formula is C18H22N2O. The lowest BCUT2D eigenvalue weighted by Crippen LogP contribution is -2.28. The lowest BCUT2D eigenvalue weighted by Gasteiger charge is -2.19. The van der Waals surface area contributed by atoms with Crippen LogP contribution >= 0.6 is 0 Å². The second-order valence-electron chi connectivity index (χ2n) is 5.62. The van der Waals surface area contributed by atoms with E-state index in [9.17, 15) is 0 Å². The lowest BCUT2D eigenvalue weighted by molar-refractivity contribution is 0.347. The standard InChI is InChI=1S/C18H22N2O/c1-13-5-2-3-6-14(13)9-10-17(20-19)16-8-4-7-15-11-12-21-18(15)16/h2-8,17,20H,9-12,19H2,1H3. The Labute approximate surface area is 126 Å². The Bertz CT molecular complexity index is 624. The summed E-state index contributed by atoms with van der Waals surface area (Å²) >= 11 is 0. The first kappa shape index (κ1) is 14.1. The zero-order valence-electron chi connectivity index (χ0n) is 12.4. The maximum Gasteiger partial charge on any atom is 0.127 e. The quantitative estimate of drug-likeness (QED) is 0.654. The summed E-state index contributed by atoms with van der Waals surface area (Å²) in [6.45, 7) is 2.94. The molecule has 0 amide bonds. The van der Waals surface area contributed by atoms with Crippen LogP contribution in [0.3, 0.4) is 0 Å². The van der Waals surface area contributed by atoms with Gasteiger partial charge in [0.25, 0.3) is 0 Å². The minimum Gasteiger partial charge on any atom is -0.493 e. The van der Waals surface area contributed by atoms with Gasteiger partial charge in [0.05, 0.1) is 6.61 Å². The molecule has 3 nitrogen and oxygen atoms in total. The molecule has 0 fully saturated rings. The van der Waals surface area contributed by atoms with Crippen molar-refractivity contribution in [3.05, 3.63) is 64.7 Å². The van der Waals surface area contributed by atoms with E-state index < -0.39 is 0 Å². The highest BCUT2D eigenvalue weighted by Crippen LogP contribution is 2.34. The maximum absolute atomic E-state index is 5.80. The molecule has 0 saturated carbocycles. The fourth-order valence-corrected chi connectivity index (χ4v) is 3.03. The molecule has 1 aliphatic heterocycles. The van der Waals surface area contributed by atoms with Gasteiger partial charge in [0.15, 0.2) is 0 Å². The normalized spacial score (nSPS) is 14.6. The first-order valence-electron chi connectivity index (χ1n) is 7.55. The second-order valence-corrected chi connectivity index (χ2v) is 5.62. The van der Waals surface area contributed by atoms with Crippen molar-refractivity contribution in [3.8, 4) is 5.75 Å². The molecule has 21 heavy (non-hydrogen) atoms. The summed E-state index contributed by atoms with van der Waals surface area (Å²) in [5.74, 6) is 6.83. The molecule has 1 unspecified atom stereocenters. The highest BCUT2D eigenvalue weighted by molar-refractivity contribution is 5.45. The van der Waals surface area contributed by atoms with Gasteiger partial charge in [-0.2, -0.15) is 0 Å². The summed E-state index contributed by atoms with van der Waals surface area (Å²) in [5, 5.41) is 0. The van der Waals surface area contributed by atoms with Crippen LogP contribution in [0.25, 0.3) is 0 Å². The van der Waals surface area contributed by atoms with E-state index in [1.807, 2.05) is 0 Å².